The summed E-state index contributed by atoms with van der Waals surface area (Å²) in [4.78, 5) is 25.3. The Morgan fingerprint density at radius 1 is 1.08 bits per heavy atom. The van der Waals surface area contributed by atoms with Gasteiger partial charge in [-0.15, -0.1) is 0 Å². The van der Waals surface area contributed by atoms with E-state index in [2.05, 4.69) is 67.7 Å². The molecule has 0 unspecified atom stereocenters. The minimum atomic E-state index is -2.17. The number of likely N-dealkylation sites (tertiary alicyclic amines) is 1. The van der Waals surface area contributed by atoms with Crippen LogP contribution in [0.2, 0.25) is 36.3 Å². The minimum absolute atomic E-state index is 0.0285. The largest absolute Gasteiger partial charge is 0.465 e. The smallest absolute Gasteiger partial charge is 0.414 e. The molecule has 0 aliphatic carbocycles. The number of carbonyl (C=O) groups is 2. The molecule has 0 aromatic carbocycles. The Morgan fingerprint density at radius 2 is 1.54 bits per heavy atom. The first kappa shape index (κ1) is 23.3. The molecule has 1 fully saturated rings. The van der Waals surface area contributed by atoms with E-state index in [1.165, 1.54) is 0 Å². The molecule has 26 heavy (non-hydrogen) atoms. The van der Waals surface area contributed by atoms with Crippen molar-refractivity contribution >= 4 is 28.6 Å². The van der Waals surface area contributed by atoms with Gasteiger partial charge in [0.2, 0.25) is 0 Å². The average molecular weight is 404 g/mol. The van der Waals surface area contributed by atoms with Crippen LogP contribution in [-0.4, -0.2) is 57.4 Å². The van der Waals surface area contributed by atoms with Crippen molar-refractivity contribution in [2.45, 2.75) is 96.4 Å². The Kier molecular flexibility index (Phi) is 6.61. The SMILES string of the molecule is CC(C)(C)[Si](C)(C)OC[C@@H]1C[C@H](O[Si](C)(C)C(C)(C)C)C(=O)N1C(=O)O. The maximum absolute atomic E-state index is 12.7. The molecule has 2 atom stereocenters. The normalized spacial score (nSPS) is 22.8. The van der Waals surface area contributed by atoms with Gasteiger partial charge in [-0.2, -0.15) is 0 Å². The third kappa shape index (κ3) is 4.96. The van der Waals surface area contributed by atoms with Crippen LogP contribution in [0.15, 0.2) is 0 Å². The molecule has 2 amide bonds. The minimum Gasteiger partial charge on any atom is -0.465 e. The Labute approximate surface area is 160 Å². The summed E-state index contributed by atoms with van der Waals surface area (Å²) in [5.74, 6) is -0.453. The highest BCUT2D eigenvalue weighted by Gasteiger charge is 2.49. The van der Waals surface area contributed by atoms with Crippen molar-refractivity contribution in [2.75, 3.05) is 6.61 Å². The Balaban J connectivity index is 2.94. The Hall–Kier alpha value is -0.706. The Morgan fingerprint density at radius 3 is 1.92 bits per heavy atom. The summed E-state index contributed by atoms with van der Waals surface area (Å²) in [5.41, 5.74) is 0. The first-order valence-corrected chi connectivity index (χ1v) is 15.1. The number of amides is 2. The van der Waals surface area contributed by atoms with E-state index in [0.29, 0.717) is 6.42 Å². The zero-order valence-corrected chi connectivity index (χ0v) is 20.1. The van der Waals surface area contributed by atoms with E-state index in [1.54, 1.807) is 0 Å². The van der Waals surface area contributed by atoms with E-state index in [9.17, 15) is 14.7 Å². The highest BCUT2D eigenvalue weighted by molar-refractivity contribution is 6.74. The number of carbonyl (C=O) groups excluding carboxylic acids is 1. The van der Waals surface area contributed by atoms with Crippen LogP contribution in [0.5, 0.6) is 0 Å². The highest BCUT2D eigenvalue weighted by atomic mass is 28.4. The van der Waals surface area contributed by atoms with Gasteiger partial charge in [0, 0.05) is 6.42 Å². The lowest BCUT2D eigenvalue weighted by molar-refractivity contribution is -0.133. The van der Waals surface area contributed by atoms with E-state index >= 15 is 0 Å². The summed E-state index contributed by atoms with van der Waals surface area (Å²) in [7, 11) is -4.19. The fourth-order valence-electron chi connectivity index (χ4n) is 2.33. The van der Waals surface area contributed by atoms with Crippen molar-refractivity contribution in [1.29, 1.82) is 0 Å². The molecule has 0 saturated carbocycles. The van der Waals surface area contributed by atoms with Crippen LogP contribution >= 0.6 is 0 Å². The van der Waals surface area contributed by atoms with E-state index in [0.717, 1.165) is 4.90 Å². The van der Waals surface area contributed by atoms with Gasteiger partial charge in [0.05, 0.1) is 12.6 Å². The molecule has 0 bridgehead atoms. The molecule has 0 aromatic heterocycles. The molecule has 152 valence electrons. The number of rotatable bonds is 5. The lowest BCUT2D eigenvalue weighted by atomic mass is 10.2. The lowest BCUT2D eigenvalue weighted by Crippen LogP contribution is -2.47. The van der Waals surface area contributed by atoms with E-state index in [-0.39, 0.29) is 16.7 Å². The summed E-state index contributed by atoms with van der Waals surface area (Å²) in [6, 6.07) is -0.483. The van der Waals surface area contributed by atoms with Gasteiger partial charge in [-0.1, -0.05) is 41.5 Å². The first-order valence-electron chi connectivity index (χ1n) is 9.28. The fraction of sp³-hybridized carbons (Fsp3) is 0.889. The molecule has 8 heteroatoms. The van der Waals surface area contributed by atoms with Crippen molar-refractivity contribution in [3.8, 4) is 0 Å². The van der Waals surface area contributed by atoms with Gasteiger partial charge >= 0.3 is 6.09 Å². The maximum Gasteiger partial charge on any atom is 0.414 e. The summed E-state index contributed by atoms with van der Waals surface area (Å²) < 4.78 is 12.4. The number of carboxylic acid groups (broad SMARTS) is 1. The molecule has 0 aromatic rings. The van der Waals surface area contributed by atoms with Gasteiger partial charge in [-0.25, -0.2) is 9.69 Å². The molecule has 1 N–H and O–H groups in total. The second-order valence-corrected chi connectivity index (χ2v) is 19.9. The number of hydrogen-bond donors (Lipinski definition) is 1. The first-order chi connectivity index (χ1) is 11.4. The van der Waals surface area contributed by atoms with Crippen LogP contribution in [0.3, 0.4) is 0 Å². The van der Waals surface area contributed by atoms with Gasteiger partial charge in [0.25, 0.3) is 5.91 Å². The molecule has 0 spiro atoms. The van der Waals surface area contributed by atoms with Crippen molar-refractivity contribution in [2.24, 2.45) is 0 Å². The second kappa shape index (κ2) is 7.37. The van der Waals surface area contributed by atoms with E-state index < -0.39 is 40.8 Å². The van der Waals surface area contributed by atoms with Gasteiger partial charge in [0.15, 0.2) is 16.6 Å². The molecule has 0 radical (unpaired) electrons. The predicted molar refractivity (Wildman–Crippen MR) is 108 cm³/mol. The van der Waals surface area contributed by atoms with E-state index in [1.807, 2.05) is 0 Å². The quantitative estimate of drug-likeness (QED) is 0.675. The molecule has 1 aliphatic rings. The van der Waals surface area contributed by atoms with Crippen LogP contribution in [-0.2, 0) is 13.6 Å². The monoisotopic (exact) mass is 403 g/mol. The zero-order valence-electron chi connectivity index (χ0n) is 18.1. The standard InChI is InChI=1S/C18H37NO5Si2/c1-17(2,3)25(7,8)23-12-13-11-14(15(20)19(13)16(21)22)24-26(9,10)18(4,5)6/h13-14H,11-12H2,1-10H3,(H,21,22)/t13-,14-/m0/s1. The molecule has 1 saturated heterocycles. The van der Waals surface area contributed by atoms with Gasteiger partial charge in [0.1, 0.15) is 6.10 Å². The van der Waals surface area contributed by atoms with Crippen molar-refractivity contribution < 1.29 is 23.5 Å². The summed E-state index contributed by atoms with van der Waals surface area (Å²) in [5, 5.41) is 9.52. The third-order valence-electron chi connectivity index (χ3n) is 6.26. The Bertz CT molecular complexity index is 549. The summed E-state index contributed by atoms with van der Waals surface area (Å²) in [6.45, 7) is 21.4. The van der Waals surface area contributed by atoms with Gasteiger partial charge in [-0.3, -0.25) is 4.79 Å². The van der Waals surface area contributed by atoms with Crippen LogP contribution in [0.25, 0.3) is 0 Å². The average Bonchev–Trinajstić information content (AvgIpc) is 2.70. The number of nitrogens with zero attached hydrogens (tertiary/aromatic N) is 1. The van der Waals surface area contributed by atoms with Crippen molar-refractivity contribution in [3.63, 3.8) is 0 Å². The predicted octanol–water partition coefficient (Wildman–Crippen LogP) is 4.68. The maximum atomic E-state index is 12.7. The summed E-state index contributed by atoms with van der Waals surface area (Å²) >= 11 is 0. The van der Waals surface area contributed by atoms with Crippen molar-refractivity contribution in [1.82, 2.24) is 4.90 Å². The number of hydrogen-bond acceptors (Lipinski definition) is 4. The zero-order chi connectivity index (χ0) is 20.7. The lowest BCUT2D eigenvalue weighted by Gasteiger charge is -2.38. The van der Waals surface area contributed by atoms with Crippen LogP contribution in [0, 0.1) is 0 Å². The van der Waals surface area contributed by atoms with E-state index in [4.69, 9.17) is 8.85 Å². The topological polar surface area (TPSA) is 76.1 Å². The van der Waals surface area contributed by atoms with Crippen LogP contribution < -0.4 is 0 Å². The molecule has 1 aliphatic heterocycles. The van der Waals surface area contributed by atoms with Gasteiger partial charge < -0.3 is 14.0 Å². The van der Waals surface area contributed by atoms with Gasteiger partial charge in [-0.05, 0) is 36.3 Å². The van der Waals surface area contributed by atoms with Crippen LogP contribution in [0.1, 0.15) is 48.0 Å². The third-order valence-corrected chi connectivity index (χ3v) is 15.2. The summed E-state index contributed by atoms with van der Waals surface area (Å²) in [6.07, 6.45) is -1.55. The molecular formula is C18H37NO5Si2. The molecule has 1 heterocycles. The highest BCUT2D eigenvalue weighted by Crippen LogP contribution is 2.40. The van der Waals surface area contributed by atoms with Crippen LogP contribution in [0.4, 0.5) is 4.79 Å². The van der Waals surface area contributed by atoms with Crippen molar-refractivity contribution in [3.05, 3.63) is 0 Å². The number of imide groups is 1. The second-order valence-electron chi connectivity index (χ2n) is 10.3. The molecule has 6 nitrogen and oxygen atoms in total. The fourth-order valence-corrected chi connectivity index (χ4v) is 4.64. The molecular weight excluding hydrogens is 366 g/mol. The molecule has 1 rings (SSSR count).